The molecule has 68 valence electrons. The van der Waals surface area contributed by atoms with E-state index in [0.29, 0.717) is 5.56 Å². The van der Waals surface area contributed by atoms with Crippen LogP contribution in [-0.2, 0) is 0 Å². The Kier molecular flexibility index (Phi) is 5.86. The summed E-state index contributed by atoms with van der Waals surface area (Å²) in [7, 11) is 4.50. The molecule has 0 aliphatic rings. The van der Waals surface area contributed by atoms with Gasteiger partial charge in [-0.15, -0.1) is 0 Å². The number of halogens is 1. The second kappa shape index (κ2) is 6.41. The van der Waals surface area contributed by atoms with Crippen molar-refractivity contribution in [3.63, 3.8) is 0 Å². The zero-order chi connectivity index (χ0) is 10.3. The normalized spacial score (nSPS) is 8.54. The first-order chi connectivity index (χ1) is 6.24. The van der Waals surface area contributed by atoms with Gasteiger partial charge in [-0.05, 0) is 6.92 Å². The second-order valence-electron chi connectivity index (χ2n) is 2.42. The van der Waals surface area contributed by atoms with Crippen LogP contribution in [0.15, 0.2) is 24.3 Å². The van der Waals surface area contributed by atoms with Crippen LogP contribution in [0.1, 0.15) is 15.9 Å². The van der Waals surface area contributed by atoms with Gasteiger partial charge in [0.05, 0.1) is 7.85 Å². The number of ketones is 1. The number of aryl methyl sites for hydroxylation is 1. The summed E-state index contributed by atoms with van der Waals surface area (Å²) in [6.45, 7) is 2.51. The molecule has 1 aromatic rings. The number of Topliss-reactive ketones (excluding diaryl/α,β-unsaturated/α-hetero) is 1. The van der Waals surface area contributed by atoms with Crippen LogP contribution in [0.2, 0.25) is 6.82 Å². The molecule has 0 spiro atoms. The van der Waals surface area contributed by atoms with E-state index in [1.165, 1.54) is 6.82 Å². The van der Waals surface area contributed by atoms with Crippen molar-refractivity contribution in [2.24, 2.45) is 0 Å². The number of carbonyl (C=O) groups excluding carboxylic acids is 1. The fraction of sp³-hybridized carbons (Fsp3) is 0.300. The minimum Gasteiger partial charge on any atom is -0.291 e. The maximum Gasteiger partial charge on any atom is 0.193 e. The molecule has 0 amide bonds. The number of benzene rings is 1. The van der Waals surface area contributed by atoms with E-state index < -0.39 is 12.5 Å². The molecular formula is C10H12BFO. The summed E-state index contributed by atoms with van der Waals surface area (Å²) in [5.74, 6) is -0.454. The third-order valence-electron chi connectivity index (χ3n) is 1.49. The molecule has 1 rings (SSSR count). The Hall–Kier alpha value is -1.12. The molecule has 0 aromatic heterocycles. The maximum absolute atomic E-state index is 11.8. The van der Waals surface area contributed by atoms with Crippen molar-refractivity contribution >= 4 is 13.6 Å². The van der Waals surface area contributed by atoms with Gasteiger partial charge in [-0.25, -0.2) is 4.39 Å². The summed E-state index contributed by atoms with van der Waals surface area (Å²) in [6.07, 6.45) is 0. The monoisotopic (exact) mass is 178 g/mol. The number of carbonyl (C=O) groups is 1. The molecule has 0 saturated carbocycles. The highest BCUT2D eigenvalue weighted by Gasteiger charge is 2.02. The van der Waals surface area contributed by atoms with Crippen molar-refractivity contribution in [3.8, 4) is 0 Å². The fourth-order valence-electron chi connectivity index (χ4n) is 0.817. The van der Waals surface area contributed by atoms with Crippen LogP contribution in [0.4, 0.5) is 4.39 Å². The van der Waals surface area contributed by atoms with Gasteiger partial charge in [0.25, 0.3) is 0 Å². The lowest BCUT2D eigenvalue weighted by atomic mass is 10.1. The van der Waals surface area contributed by atoms with E-state index >= 15 is 0 Å². The van der Waals surface area contributed by atoms with Gasteiger partial charge in [0, 0.05) is 5.56 Å². The molecule has 1 aromatic carbocycles. The molecule has 0 bridgehead atoms. The van der Waals surface area contributed by atoms with Crippen molar-refractivity contribution in [1.82, 2.24) is 0 Å². The third kappa shape index (κ3) is 3.88. The van der Waals surface area contributed by atoms with Crippen LogP contribution < -0.4 is 0 Å². The Morgan fingerprint density at radius 2 is 1.77 bits per heavy atom. The average molecular weight is 178 g/mol. The van der Waals surface area contributed by atoms with Crippen molar-refractivity contribution < 1.29 is 9.18 Å². The highest BCUT2D eigenvalue weighted by Crippen LogP contribution is 2.03. The minimum atomic E-state index is -0.914. The van der Waals surface area contributed by atoms with Crippen LogP contribution in [0, 0.1) is 6.92 Å². The Morgan fingerprint density at radius 3 is 2.15 bits per heavy atom. The summed E-state index contributed by atoms with van der Waals surface area (Å²) < 4.78 is 11.8. The summed E-state index contributed by atoms with van der Waals surface area (Å²) >= 11 is 0. The van der Waals surface area contributed by atoms with E-state index in [1.54, 1.807) is 24.3 Å². The van der Waals surface area contributed by atoms with E-state index in [-0.39, 0.29) is 0 Å². The van der Waals surface area contributed by atoms with E-state index in [2.05, 4.69) is 7.85 Å². The smallest absolute Gasteiger partial charge is 0.193 e. The highest BCUT2D eigenvalue weighted by atomic mass is 19.1. The Bertz CT molecular complexity index is 256. The van der Waals surface area contributed by atoms with E-state index in [9.17, 15) is 9.18 Å². The number of hydrogen-bond donors (Lipinski definition) is 0. The van der Waals surface area contributed by atoms with Crippen LogP contribution in [0.5, 0.6) is 0 Å². The molecule has 0 fully saturated rings. The highest BCUT2D eigenvalue weighted by molar-refractivity contribution is 6.05. The van der Waals surface area contributed by atoms with Crippen molar-refractivity contribution in [2.75, 3.05) is 6.67 Å². The van der Waals surface area contributed by atoms with Gasteiger partial charge in [-0.3, -0.25) is 4.79 Å². The molecule has 1 nitrogen and oxygen atoms in total. The van der Waals surface area contributed by atoms with Gasteiger partial charge >= 0.3 is 0 Å². The lowest BCUT2D eigenvalue weighted by Gasteiger charge is -1.95. The molecule has 3 heteroatoms. The number of alkyl halides is 1. The molecule has 13 heavy (non-hydrogen) atoms. The predicted molar refractivity (Wildman–Crippen MR) is 53.1 cm³/mol. The largest absolute Gasteiger partial charge is 0.291 e. The minimum absolute atomic E-state index is 0.443. The zero-order valence-electron chi connectivity index (χ0n) is 7.88. The van der Waals surface area contributed by atoms with Gasteiger partial charge in [0.15, 0.2) is 12.5 Å². The van der Waals surface area contributed by atoms with E-state index in [4.69, 9.17) is 0 Å². The zero-order valence-corrected chi connectivity index (χ0v) is 7.88. The first kappa shape index (κ1) is 11.9. The molecule has 0 atom stereocenters. The summed E-state index contributed by atoms with van der Waals surface area (Å²) in [5, 5.41) is 0. The van der Waals surface area contributed by atoms with Gasteiger partial charge in [-0.1, -0.05) is 36.7 Å². The number of rotatable bonds is 2. The summed E-state index contributed by atoms with van der Waals surface area (Å²) in [6, 6.07) is 6.86. The van der Waals surface area contributed by atoms with Crippen molar-refractivity contribution in [2.45, 2.75) is 13.7 Å². The second-order valence-corrected chi connectivity index (χ2v) is 2.42. The molecule has 0 aliphatic heterocycles. The molecule has 0 unspecified atom stereocenters. The van der Waals surface area contributed by atoms with Crippen molar-refractivity contribution in [1.29, 1.82) is 0 Å². The average Bonchev–Trinajstić information content (AvgIpc) is 2.21. The predicted octanol–water partition coefficient (Wildman–Crippen LogP) is 2.35. The number of hydrogen-bond acceptors (Lipinski definition) is 1. The van der Waals surface area contributed by atoms with Gasteiger partial charge in [-0.2, -0.15) is 0 Å². The Labute approximate surface area is 79.4 Å². The Morgan fingerprint density at radius 1 is 1.31 bits per heavy atom. The fourth-order valence-corrected chi connectivity index (χ4v) is 0.817. The van der Waals surface area contributed by atoms with E-state index in [1.807, 2.05) is 6.92 Å². The molecule has 0 N–H and O–H groups in total. The Balaban J connectivity index is 0.000000671. The van der Waals surface area contributed by atoms with Crippen LogP contribution in [0.25, 0.3) is 0 Å². The first-order valence-corrected chi connectivity index (χ1v) is 3.97. The third-order valence-corrected chi connectivity index (χ3v) is 1.49. The topological polar surface area (TPSA) is 17.1 Å². The summed E-state index contributed by atoms with van der Waals surface area (Å²) in [4.78, 5) is 10.7. The standard InChI is InChI=1S/C9H9FO.CH3B/c1-7-2-4-8(5-3-7)9(11)6-10;1-2/h2-5H,6H2,1H3;1H3. The summed E-state index contributed by atoms with van der Waals surface area (Å²) in [5.41, 5.74) is 1.51. The molecule has 0 saturated heterocycles. The molecule has 0 heterocycles. The SMILES string of the molecule is Cc1ccc(C(=O)CF)cc1.[B]C. The van der Waals surface area contributed by atoms with Crippen LogP contribution in [-0.4, -0.2) is 20.3 Å². The van der Waals surface area contributed by atoms with Crippen molar-refractivity contribution in [3.05, 3.63) is 35.4 Å². The van der Waals surface area contributed by atoms with Crippen LogP contribution in [0.3, 0.4) is 0 Å². The van der Waals surface area contributed by atoms with Crippen LogP contribution >= 0.6 is 0 Å². The van der Waals surface area contributed by atoms with E-state index in [0.717, 1.165) is 5.56 Å². The first-order valence-electron chi connectivity index (χ1n) is 3.97. The lowest BCUT2D eigenvalue weighted by Crippen LogP contribution is -1.99. The van der Waals surface area contributed by atoms with Gasteiger partial charge in [0.1, 0.15) is 0 Å². The quantitative estimate of drug-likeness (QED) is 0.501. The lowest BCUT2D eigenvalue weighted by molar-refractivity contribution is 0.0958. The molecule has 2 radical (unpaired) electrons. The van der Waals surface area contributed by atoms with Gasteiger partial charge in [0.2, 0.25) is 0 Å². The van der Waals surface area contributed by atoms with Gasteiger partial charge < -0.3 is 0 Å². The molecular weight excluding hydrogens is 166 g/mol. The maximum atomic E-state index is 11.8. The molecule has 0 aliphatic carbocycles.